The minimum absolute atomic E-state index is 0.0637. The fourth-order valence-electron chi connectivity index (χ4n) is 4.39. The standard InChI is InChI=1S/C24H31N3O2/c1-24(2,3)29-23(28)27-16-19-9-5-4-8-18(19)14-20(27)15-26-21-12-6-10-17-11-7-13-25-22(17)21/h4-5,7-9,11,13,20-21,26H,6,10,12,14-16H2,1-3H3/t20-,21+/m1/s1. The Morgan fingerprint density at radius 2 is 1.93 bits per heavy atom. The summed E-state index contributed by atoms with van der Waals surface area (Å²) in [7, 11) is 0. The molecule has 0 spiro atoms. The molecule has 1 aromatic carbocycles. The first kappa shape index (κ1) is 19.9. The molecule has 2 aromatic rings. The number of nitrogens with zero attached hydrogens (tertiary/aromatic N) is 2. The minimum atomic E-state index is -0.502. The van der Waals surface area contributed by atoms with Crippen LogP contribution in [0.1, 0.15) is 62.0 Å². The average Bonchev–Trinajstić information content (AvgIpc) is 2.70. The fourth-order valence-corrected chi connectivity index (χ4v) is 4.39. The van der Waals surface area contributed by atoms with E-state index in [4.69, 9.17) is 4.74 Å². The summed E-state index contributed by atoms with van der Waals surface area (Å²) < 4.78 is 5.72. The molecule has 1 aliphatic carbocycles. The van der Waals surface area contributed by atoms with Crippen molar-refractivity contribution in [2.75, 3.05) is 6.54 Å². The minimum Gasteiger partial charge on any atom is -0.444 e. The summed E-state index contributed by atoms with van der Waals surface area (Å²) >= 11 is 0. The first-order chi connectivity index (χ1) is 13.9. The molecule has 154 valence electrons. The van der Waals surface area contributed by atoms with Gasteiger partial charge in [-0.15, -0.1) is 0 Å². The van der Waals surface area contributed by atoms with Gasteiger partial charge in [-0.1, -0.05) is 30.3 Å². The van der Waals surface area contributed by atoms with Gasteiger partial charge < -0.3 is 10.1 Å². The maximum Gasteiger partial charge on any atom is 0.410 e. The van der Waals surface area contributed by atoms with Crippen LogP contribution in [-0.2, 0) is 24.1 Å². The number of amides is 1. The van der Waals surface area contributed by atoms with Crippen molar-refractivity contribution in [3.63, 3.8) is 0 Å². The van der Waals surface area contributed by atoms with Crippen molar-refractivity contribution in [3.05, 3.63) is 65.0 Å². The number of nitrogens with one attached hydrogen (secondary N) is 1. The van der Waals surface area contributed by atoms with Gasteiger partial charge in [0.2, 0.25) is 0 Å². The number of pyridine rings is 1. The zero-order valence-corrected chi connectivity index (χ0v) is 17.6. The highest BCUT2D eigenvalue weighted by Crippen LogP contribution is 2.29. The molecular formula is C24H31N3O2. The quantitative estimate of drug-likeness (QED) is 0.839. The van der Waals surface area contributed by atoms with Gasteiger partial charge in [0.25, 0.3) is 0 Å². The van der Waals surface area contributed by atoms with E-state index >= 15 is 0 Å². The number of aromatic nitrogens is 1. The lowest BCUT2D eigenvalue weighted by atomic mass is 9.90. The summed E-state index contributed by atoms with van der Waals surface area (Å²) in [4.78, 5) is 19.5. The monoisotopic (exact) mass is 393 g/mol. The van der Waals surface area contributed by atoms with Gasteiger partial charge in [-0.25, -0.2) is 4.79 Å². The summed E-state index contributed by atoms with van der Waals surface area (Å²) in [6, 6.07) is 12.9. The first-order valence-electron chi connectivity index (χ1n) is 10.6. The number of benzene rings is 1. The van der Waals surface area contributed by atoms with E-state index in [1.807, 2.05) is 44.0 Å². The van der Waals surface area contributed by atoms with E-state index in [9.17, 15) is 4.79 Å². The Labute approximate surface area is 173 Å². The number of hydrogen-bond acceptors (Lipinski definition) is 4. The van der Waals surface area contributed by atoms with E-state index in [0.29, 0.717) is 6.54 Å². The summed E-state index contributed by atoms with van der Waals surface area (Å²) in [5.74, 6) is 0. The third-order valence-electron chi connectivity index (χ3n) is 5.78. The average molecular weight is 394 g/mol. The SMILES string of the molecule is CC(C)(C)OC(=O)N1Cc2ccccc2C[C@@H]1CN[C@H]1CCCc2cccnc21. The highest BCUT2D eigenvalue weighted by molar-refractivity contribution is 5.69. The van der Waals surface area contributed by atoms with Crippen LogP contribution in [0.25, 0.3) is 0 Å². The van der Waals surface area contributed by atoms with Crippen LogP contribution in [0.4, 0.5) is 4.79 Å². The lowest BCUT2D eigenvalue weighted by Gasteiger charge is -2.39. The molecule has 0 bridgehead atoms. The second kappa shape index (κ2) is 8.15. The van der Waals surface area contributed by atoms with Gasteiger partial charge in [-0.2, -0.15) is 0 Å². The maximum absolute atomic E-state index is 12.9. The lowest BCUT2D eigenvalue weighted by molar-refractivity contribution is 0.0116. The topological polar surface area (TPSA) is 54.5 Å². The van der Waals surface area contributed by atoms with E-state index in [1.165, 1.54) is 28.8 Å². The second-order valence-electron chi connectivity index (χ2n) is 9.14. The summed E-state index contributed by atoms with van der Waals surface area (Å²) in [6.07, 6.45) is 5.83. The van der Waals surface area contributed by atoms with Crippen LogP contribution in [0.2, 0.25) is 0 Å². The van der Waals surface area contributed by atoms with Crippen molar-refractivity contribution in [2.45, 2.75) is 70.7 Å². The van der Waals surface area contributed by atoms with Gasteiger partial charge in [0.1, 0.15) is 5.60 Å². The normalized spacial score (nSPS) is 21.3. The molecule has 2 aliphatic rings. The van der Waals surface area contributed by atoms with Crippen molar-refractivity contribution < 1.29 is 9.53 Å². The Morgan fingerprint density at radius 3 is 2.72 bits per heavy atom. The van der Waals surface area contributed by atoms with Crippen LogP contribution in [0, 0.1) is 0 Å². The van der Waals surface area contributed by atoms with E-state index < -0.39 is 5.60 Å². The fraction of sp³-hybridized carbons (Fsp3) is 0.500. The Hall–Kier alpha value is -2.40. The van der Waals surface area contributed by atoms with Crippen molar-refractivity contribution in [1.82, 2.24) is 15.2 Å². The van der Waals surface area contributed by atoms with E-state index in [-0.39, 0.29) is 18.2 Å². The molecule has 5 heteroatoms. The molecule has 0 fully saturated rings. The van der Waals surface area contributed by atoms with E-state index in [2.05, 4.69) is 34.6 Å². The van der Waals surface area contributed by atoms with Crippen LogP contribution in [0.15, 0.2) is 42.6 Å². The lowest BCUT2D eigenvalue weighted by Crippen LogP contribution is -2.51. The van der Waals surface area contributed by atoms with Crippen molar-refractivity contribution >= 4 is 6.09 Å². The van der Waals surface area contributed by atoms with E-state index in [1.54, 1.807) is 0 Å². The van der Waals surface area contributed by atoms with Crippen LogP contribution < -0.4 is 5.32 Å². The number of aryl methyl sites for hydroxylation is 1. The van der Waals surface area contributed by atoms with Crippen molar-refractivity contribution in [3.8, 4) is 0 Å². The Kier molecular flexibility index (Phi) is 5.59. The highest BCUT2D eigenvalue weighted by atomic mass is 16.6. The Morgan fingerprint density at radius 1 is 1.17 bits per heavy atom. The largest absolute Gasteiger partial charge is 0.444 e. The molecule has 4 rings (SSSR count). The second-order valence-corrected chi connectivity index (χ2v) is 9.14. The molecule has 1 amide bonds. The number of rotatable bonds is 3. The van der Waals surface area contributed by atoms with E-state index in [0.717, 1.165) is 25.8 Å². The predicted octanol–water partition coefficient (Wildman–Crippen LogP) is 4.41. The summed E-state index contributed by atoms with van der Waals surface area (Å²) in [5.41, 5.74) is 4.53. The van der Waals surface area contributed by atoms with Crippen LogP contribution >= 0.6 is 0 Å². The molecule has 5 nitrogen and oxygen atoms in total. The molecule has 0 unspecified atom stereocenters. The number of hydrogen-bond donors (Lipinski definition) is 1. The third-order valence-corrected chi connectivity index (χ3v) is 5.78. The third kappa shape index (κ3) is 4.61. The van der Waals surface area contributed by atoms with Gasteiger partial charge in [-0.3, -0.25) is 9.88 Å². The number of fused-ring (bicyclic) bond motifs is 2. The number of carbonyl (C=O) groups is 1. The van der Waals surface area contributed by atoms with Gasteiger partial charge >= 0.3 is 6.09 Å². The smallest absolute Gasteiger partial charge is 0.410 e. The number of ether oxygens (including phenoxy) is 1. The molecule has 2 heterocycles. The predicted molar refractivity (Wildman–Crippen MR) is 114 cm³/mol. The molecule has 1 aliphatic heterocycles. The molecule has 0 radical (unpaired) electrons. The zero-order chi connectivity index (χ0) is 20.4. The molecule has 1 N–H and O–H groups in total. The Bertz CT molecular complexity index is 874. The molecular weight excluding hydrogens is 362 g/mol. The van der Waals surface area contributed by atoms with Gasteiger partial charge in [-0.05, 0) is 69.2 Å². The van der Waals surface area contributed by atoms with Crippen molar-refractivity contribution in [1.29, 1.82) is 0 Å². The summed E-state index contributed by atoms with van der Waals surface area (Å²) in [5, 5.41) is 3.71. The van der Waals surface area contributed by atoms with Crippen LogP contribution in [-0.4, -0.2) is 34.2 Å². The maximum atomic E-state index is 12.9. The Balaban J connectivity index is 1.51. The zero-order valence-electron chi connectivity index (χ0n) is 17.6. The van der Waals surface area contributed by atoms with Crippen LogP contribution in [0.3, 0.4) is 0 Å². The highest BCUT2D eigenvalue weighted by Gasteiger charge is 2.33. The number of carbonyl (C=O) groups excluding carboxylic acids is 1. The summed E-state index contributed by atoms with van der Waals surface area (Å²) in [6.45, 7) is 7.08. The van der Waals surface area contributed by atoms with Gasteiger partial charge in [0.15, 0.2) is 0 Å². The van der Waals surface area contributed by atoms with Crippen molar-refractivity contribution in [2.24, 2.45) is 0 Å². The first-order valence-corrected chi connectivity index (χ1v) is 10.6. The molecule has 2 atom stereocenters. The molecule has 0 saturated heterocycles. The van der Waals surface area contributed by atoms with Crippen LogP contribution in [0.5, 0.6) is 0 Å². The molecule has 1 aromatic heterocycles. The van der Waals surface area contributed by atoms with Gasteiger partial charge in [0, 0.05) is 25.3 Å². The van der Waals surface area contributed by atoms with Gasteiger partial charge in [0.05, 0.1) is 11.7 Å². The molecule has 0 saturated carbocycles. The molecule has 29 heavy (non-hydrogen) atoms.